The van der Waals surface area contributed by atoms with E-state index in [0.29, 0.717) is 6.54 Å². The monoisotopic (exact) mass is 264 g/mol. The van der Waals surface area contributed by atoms with E-state index in [4.69, 9.17) is 10.2 Å². The highest BCUT2D eigenvalue weighted by Gasteiger charge is 2.32. The van der Waals surface area contributed by atoms with Crippen LogP contribution in [0, 0.1) is 12.8 Å². The van der Waals surface area contributed by atoms with E-state index < -0.39 is 0 Å². The minimum atomic E-state index is 0.0912. The second-order valence-electron chi connectivity index (χ2n) is 5.84. The largest absolute Gasteiger partial charge is 0.464 e. The number of nitrogens with two attached hydrogens (primary N) is 1. The van der Waals surface area contributed by atoms with Gasteiger partial charge in [-0.05, 0) is 52.2 Å². The molecule has 19 heavy (non-hydrogen) atoms. The summed E-state index contributed by atoms with van der Waals surface area (Å²) < 4.78 is 5.58. The van der Waals surface area contributed by atoms with Crippen LogP contribution in [-0.2, 0) is 11.3 Å². The van der Waals surface area contributed by atoms with Gasteiger partial charge in [-0.25, -0.2) is 0 Å². The maximum Gasteiger partial charge on any atom is 0.226 e. The molecule has 2 atom stereocenters. The molecule has 1 saturated carbocycles. The van der Waals surface area contributed by atoms with E-state index in [-0.39, 0.29) is 23.9 Å². The van der Waals surface area contributed by atoms with Crippen LogP contribution in [0.4, 0.5) is 0 Å². The zero-order valence-corrected chi connectivity index (χ0v) is 12.1. The number of aryl methyl sites for hydroxylation is 1. The summed E-state index contributed by atoms with van der Waals surface area (Å²) in [7, 11) is 0. The van der Waals surface area contributed by atoms with Gasteiger partial charge < -0.3 is 15.1 Å². The van der Waals surface area contributed by atoms with E-state index in [0.717, 1.165) is 30.8 Å². The van der Waals surface area contributed by atoms with Crippen LogP contribution in [0.3, 0.4) is 0 Å². The topological polar surface area (TPSA) is 59.5 Å². The fraction of sp³-hybridized carbons (Fsp3) is 0.667. The summed E-state index contributed by atoms with van der Waals surface area (Å²) in [5, 5.41) is 0. The van der Waals surface area contributed by atoms with Gasteiger partial charge in [0.25, 0.3) is 0 Å². The Morgan fingerprint density at radius 1 is 1.47 bits per heavy atom. The third kappa shape index (κ3) is 3.38. The predicted octanol–water partition coefficient (Wildman–Crippen LogP) is 2.45. The standard InChI is InChI=1S/C15H24N2O2/c1-10(2)17(9-14-7-4-11(3)19-14)15(18)12-5-6-13(16)8-12/h4,7,10,12-13H,5-6,8-9,16H2,1-3H3. The van der Waals surface area contributed by atoms with Crippen LogP contribution >= 0.6 is 0 Å². The van der Waals surface area contributed by atoms with Gasteiger partial charge in [-0.2, -0.15) is 0 Å². The normalized spacial score (nSPS) is 23.0. The average Bonchev–Trinajstić information content (AvgIpc) is 2.94. The number of carbonyl (C=O) groups is 1. The zero-order chi connectivity index (χ0) is 14.0. The molecule has 1 aromatic rings. The molecule has 1 aliphatic carbocycles. The van der Waals surface area contributed by atoms with E-state index in [1.165, 1.54) is 0 Å². The van der Waals surface area contributed by atoms with Gasteiger partial charge in [0.05, 0.1) is 6.54 Å². The molecule has 0 radical (unpaired) electrons. The summed E-state index contributed by atoms with van der Waals surface area (Å²) >= 11 is 0. The lowest BCUT2D eigenvalue weighted by Gasteiger charge is -2.28. The van der Waals surface area contributed by atoms with Gasteiger partial charge in [-0.15, -0.1) is 0 Å². The first-order valence-electron chi connectivity index (χ1n) is 7.08. The molecule has 1 aromatic heterocycles. The number of furan rings is 1. The second kappa shape index (κ2) is 5.78. The van der Waals surface area contributed by atoms with Crippen molar-refractivity contribution in [2.24, 2.45) is 11.7 Å². The fourth-order valence-corrected chi connectivity index (χ4v) is 2.73. The van der Waals surface area contributed by atoms with E-state index in [1.54, 1.807) is 0 Å². The molecule has 0 spiro atoms. The van der Waals surface area contributed by atoms with Crippen LogP contribution in [-0.4, -0.2) is 22.9 Å². The Bertz CT molecular complexity index is 439. The highest BCUT2D eigenvalue weighted by atomic mass is 16.3. The molecule has 0 saturated heterocycles. The smallest absolute Gasteiger partial charge is 0.226 e. The molecule has 2 rings (SSSR count). The number of hydrogen-bond donors (Lipinski definition) is 1. The van der Waals surface area contributed by atoms with E-state index >= 15 is 0 Å². The van der Waals surface area contributed by atoms with Crippen molar-refractivity contribution < 1.29 is 9.21 Å². The van der Waals surface area contributed by atoms with Crippen LogP contribution in [0.2, 0.25) is 0 Å². The van der Waals surface area contributed by atoms with Gasteiger partial charge >= 0.3 is 0 Å². The Hall–Kier alpha value is -1.29. The Labute approximate surface area is 114 Å². The molecule has 106 valence electrons. The quantitative estimate of drug-likeness (QED) is 0.908. The van der Waals surface area contributed by atoms with Gasteiger partial charge in [0, 0.05) is 18.0 Å². The SMILES string of the molecule is Cc1ccc(CN(C(=O)C2CCC(N)C2)C(C)C)o1. The predicted molar refractivity (Wildman–Crippen MR) is 74.4 cm³/mol. The van der Waals surface area contributed by atoms with Gasteiger partial charge in [0.1, 0.15) is 11.5 Å². The number of carbonyl (C=O) groups excluding carboxylic acids is 1. The minimum Gasteiger partial charge on any atom is -0.464 e. The van der Waals surface area contributed by atoms with Crippen LogP contribution in [0.25, 0.3) is 0 Å². The summed E-state index contributed by atoms with van der Waals surface area (Å²) in [6.07, 6.45) is 2.70. The number of amides is 1. The molecule has 4 nitrogen and oxygen atoms in total. The summed E-state index contributed by atoms with van der Waals surface area (Å²) in [5.41, 5.74) is 5.91. The molecule has 0 bridgehead atoms. The van der Waals surface area contributed by atoms with Crippen LogP contribution < -0.4 is 5.73 Å². The third-order valence-electron chi connectivity index (χ3n) is 3.85. The molecule has 4 heteroatoms. The molecular weight excluding hydrogens is 240 g/mol. The fourth-order valence-electron chi connectivity index (χ4n) is 2.73. The molecular formula is C15H24N2O2. The number of nitrogens with zero attached hydrogens (tertiary/aromatic N) is 1. The first-order valence-corrected chi connectivity index (χ1v) is 7.08. The van der Waals surface area contributed by atoms with Crippen LogP contribution in [0.15, 0.2) is 16.5 Å². The lowest BCUT2D eigenvalue weighted by Crippen LogP contribution is -2.40. The first kappa shape index (κ1) is 14.1. The van der Waals surface area contributed by atoms with Crippen LogP contribution in [0.1, 0.15) is 44.6 Å². The highest BCUT2D eigenvalue weighted by Crippen LogP contribution is 2.27. The van der Waals surface area contributed by atoms with E-state index in [2.05, 4.69) is 0 Å². The van der Waals surface area contributed by atoms with Gasteiger partial charge in [-0.1, -0.05) is 0 Å². The molecule has 1 fully saturated rings. The zero-order valence-electron chi connectivity index (χ0n) is 12.1. The van der Waals surface area contributed by atoms with Gasteiger partial charge in [-0.3, -0.25) is 4.79 Å². The van der Waals surface area contributed by atoms with Crippen molar-refractivity contribution in [3.63, 3.8) is 0 Å². The van der Waals surface area contributed by atoms with Crippen molar-refractivity contribution >= 4 is 5.91 Å². The summed E-state index contributed by atoms with van der Waals surface area (Å²) in [4.78, 5) is 14.5. The average molecular weight is 264 g/mol. The third-order valence-corrected chi connectivity index (χ3v) is 3.85. The van der Waals surface area contributed by atoms with Crippen molar-refractivity contribution in [2.75, 3.05) is 0 Å². The minimum absolute atomic E-state index is 0.0912. The van der Waals surface area contributed by atoms with Crippen molar-refractivity contribution in [3.05, 3.63) is 23.7 Å². The molecule has 2 N–H and O–H groups in total. The molecule has 2 unspecified atom stereocenters. The Kier molecular flexibility index (Phi) is 4.30. The Morgan fingerprint density at radius 3 is 2.68 bits per heavy atom. The number of rotatable bonds is 4. The van der Waals surface area contributed by atoms with Crippen molar-refractivity contribution in [3.8, 4) is 0 Å². The molecule has 1 aliphatic rings. The van der Waals surface area contributed by atoms with Crippen molar-refractivity contribution in [1.82, 2.24) is 4.90 Å². The maximum absolute atomic E-state index is 12.6. The highest BCUT2D eigenvalue weighted by molar-refractivity contribution is 5.79. The lowest BCUT2D eigenvalue weighted by atomic mass is 10.1. The number of hydrogen-bond acceptors (Lipinski definition) is 3. The first-order chi connectivity index (χ1) is 8.97. The summed E-state index contributed by atoms with van der Waals surface area (Å²) in [5.74, 6) is 2.04. The molecule has 1 amide bonds. The Morgan fingerprint density at radius 2 is 2.21 bits per heavy atom. The second-order valence-corrected chi connectivity index (χ2v) is 5.84. The molecule has 0 aliphatic heterocycles. The lowest BCUT2D eigenvalue weighted by molar-refractivity contribution is -0.138. The Balaban J connectivity index is 2.05. The maximum atomic E-state index is 12.6. The van der Waals surface area contributed by atoms with Gasteiger partial charge in [0.15, 0.2) is 0 Å². The van der Waals surface area contributed by atoms with E-state index in [1.807, 2.05) is 37.8 Å². The molecule has 1 heterocycles. The van der Waals surface area contributed by atoms with Crippen molar-refractivity contribution in [1.29, 1.82) is 0 Å². The van der Waals surface area contributed by atoms with Crippen molar-refractivity contribution in [2.45, 2.75) is 58.7 Å². The van der Waals surface area contributed by atoms with Crippen LogP contribution in [0.5, 0.6) is 0 Å². The van der Waals surface area contributed by atoms with E-state index in [9.17, 15) is 4.79 Å². The van der Waals surface area contributed by atoms with Gasteiger partial charge in [0.2, 0.25) is 5.91 Å². The molecule has 0 aromatic carbocycles. The summed E-state index contributed by atoms with van der Waals surface area (Å²) in [6.45, 7) is 6.56. The summed E-state index contributed by atoms with van der Waals surface area (Å²) in [6, 6.07) is 4.24.